The molecule has 0 radical (unpaired) electrons. The van der Waals surface area contributed by atoms with Crippen molar-refractivity contribution in [3.8, 4) is 5.75 Å². The van der Waals surface area contributed by atoms with Gasteiger partial charge in [0.1, 0.15) is 5.75 Å². The summed E-state index contributed by atoms with van der Waals surface area (Å²) in [6.07, 6.45) is 0. The molecule has 2 heteroatoms. The number of rotatable bonds is 1. The minimum Gasteiger partial charge on any atom is -0.492 e. The molecule has 94 valence electrons. The van der Waals surface area contributed by atoms with Crippen LogP contribution in [0.3, 0.4) is 0 Å². The van der Waals surface area contributed by atoms with Crippen molar-refractivity contribution in [1.29, 1.82) is 0 Å². The van der Waals surface area contributed by atoms with E-state index < -0.39 is 0 Å². The third kappa shape index (κ3) is 1.56. The summed E-state index contributed by atoms with van der Waals surface area (Å²) in [5.74, 6) is 1.07. The quantitative estimate of drug-likeness (QED) is 0.756. The highest BCUT2D eigenvalue weighted by atomic mass is 16.5. The maximum absolute atomic E-state index is 5.91. The van der Waals surface area contributed by atoms with Crippen molar-refractivity contribution < 1.29 is 4.74 Å². The topological polar surface area (TPSA) is 12.5 Å². The molecule has 18 heavy (non-hydrogen) atoms. The smallest absolute Gasteiger partial charge is 0.131 e. The summed E-state index contributed by atoms with van der Waals surface area (Å²) >= 11 is 0. The Kier molecular flexibility index (Phi) is 2.31. The molecule has 0 aliphatic carbocycles. The third-order valence-corrected chi connectivity index (χ3v) is 3.78. The zero-order valence-corrected chi connectivity index (χ0v) is 11.4. The van der Waals surface area contributed by atoms with E-state index in [1.165, 1.54) is 22.0 Å². The number of hydrogen-bond acceptors (Lipinski definition) is 2. The summed E-state index contributed by atoms with van der Waals surface area (Å²) in [6, 6.07) is 11.0. The number of nitrogens with zero attached hydrogens (tertiary/aromatic N) is 1. The second-order valence-electron chi connectivity index (χ2n) is 5.91. The van der Waals surface area contributed by atoms with E-state index in [0.29, 0.717) is 0 Å². The van der Waals surface area contributed by atoms with Gasteiger partial charge < -0.3 is 9.64 Å². The SMILES string of the molecule is CN(C)c1ccc2c3c(ccc2c1)C(C)(C)CO3. The Morgan fingerprint density at radius 2 is 1.89 bits per heavy atom. The summed E-state index contributed by atoms with van der Waals surface area (Å²) in [4.78, 5) is 2.12. The van der Waals surface area contributed by atoms with Crippen molar-refractivity contribution in [2.45, 2.75) is 19.3 Å². The summed E-state index contributed by atoms with van der Waals surface area (Å²) in [5.41, 5.74) is 2.68. The normalized spacial score (nSPS) is 16.4. The molecule has 0 atom stereocenters. The van der Waals surface area contributed by atoms with E-state index in [4.69, 9.17) is 4.74 Å². The van der Waals surface area contributed by atoms with E-state index in [0.717, 1.165) is 12.4 Å². The van der Waals surface area contributed by atoms with E-state index >= 15 is 0 Å². The molecule has 0 spiro atoms. The van der Waals surface area contributed by atoms with Gasteiger partial charge in [0.15, 0.2) is 0 Å². The van der Waals surface area contributed by atoms with Crippen molar-refractivity contribution in [2.24, 2.45) is 0 Å². The van der Waals surface area contributed by atoms with Gasteiger partial charge in [0.25, 0.3) is 0 Å². The minimum atomic E-state index is 0.129. The number of hydrogen-bond donors (Lipinski definition) is 0. The van der Waals surface area contributed by atoms with Gasteiger partial charge in [-0.05, 0) is 23.6 Å². The van der Waals surface area contributed by atoms with Crippen LogP contribution < -0.4 is 9.64 Å². The van der Waals surface area contributed by atoms with E-state index in [1.54, 1.807) is 0 Å². The molecule has 1 aliphatic heterocycles. The Morgan fingerprint density at radius 1 is 1.11 bits per heavy atom. The van der Waals surface area contributed by atoms with Gasteiger partial charge in [-0.15, -0.1) is 0 Å². The molecular formula is C16H19NO. The molecule has 0 N–H and O–H groups in total. The molecule has 0 bridgehead atoms. The Labute approximate surface area is 108 Å². The lowest BCUT2D eigenvalue weighted by Gasteiger charge is -2.16. The second-order valence-corrected chi connectivity index (χ2v) is 5.91. The highest BCUT2D eigenvalue weighted by Gasteiger charge is 2.32. The fourth-order valence-corrected chi connectivity index (χ4v) is 2.59. The summed E-state index contributed by atoms with van der Waals surface area (Å²) < 4.78 is 5.91. The zero-order valence-electron chi connectivity index (χ0n) is 11.4. The number of ether oxygens (including phenoxy) is 1. The van der Waals surface area contributed by atoms with Crippen LogP contribution >= 0.6 is 0 Å². The van der Waals surface area contributed by atoms with Crippen molar-refractivity contribution in [1.82, 2.24) is 0 Å². The second kappa shape index (κ2) is 3.64. The molecule has 2 aromatic rings. The molecule has 0 aromatic heterocycles. The maximum atomic E-state index is 5.91. The van der Waals surface area contributed by atoms with Gasteiger partial charge in [-0.25, -0.2) is 0 Å². The van der Waals surface area contributed by atoms with Gasteiger partial charge >= 0.3 is 0 Å². The van der Waals surface area contributed by atoms with Crippen LogP contribution in [0.25, 0.3) is 10.8 Å². The van der Waals surface area contributed by atoms with Crippen molar-refractivity contribution in [3.63, 3.8) is 0 Å². The molecule has 2 nitrogen and oxygen atoms in total. The molecule has 0 amide bonds. The molecule has 0 unspecified atom stereocenters. The molecule has 0 saturated heterocycles. The standard InChI is InChI=1S/C16H19NO/c1-16(2)10-18-15-13-7-6-12(17(3)4)9-11(13)5-8-14(15)16/h5-9H,10H2,1-4H3. The van der Waals surface area contributed by atoms with Crippen LogP contribution in [0.1, 0.15) is 19.4 Å². The number of benzene rings is 2. The fraction of sp³-hybridized carbons (Fsp3) is 0.375. The first-order valence-electron chi connectivity index (χ1n) is 6.36. The fourth-order valence-electron chi connectivity index (χ4n) is 2.59. The highest BCUT2D eigenvalue weighted by molar-refractivity contribution is 5.92. The van der Waals surface area contributed by atoms with E-state index in [2.05, 4.69) is 63.2 Å². The van der Waals surface area contributed by atoms with Crippen LogP contribution in [0.15, 0.2) is 30.3 Å². The maximum Gasteiger partial charge on any atom is 0.131 e. The Morgan fingerprint density at radius 3 is 2.61 bits per heavy atom. The molecular weight excluding hydrogens is 222 g/mol. The zero-order chi connectivity index (χ0) is 12.9. The summed E-state index contributed by atoms with van der Waals surface area (Å²) in [6.45, 7) is 5.24. The van der Waals surface area contributed by atoms with Crippen LogP contribution in [0.5, 0.6) is 5.75 Å². The van der Waals surface area contributed by atoms with Gasteiger partial charge in [-0.1, -0.05) is 26.0 Å². The average Bonchev–Trinajstić information content (AvgIpc) is 2.65. The Hall–Kier alpha value is -1.70. The molecule has 0 fully saturated rings. The first-order chi connectivity index (χ1) is 8.49. The molecule has 0 saturated carbocycles. The first kappa shape index (κ1) is 11.4. The van der Waals surface area contributed by atoms with Crippen LogP contribution in [-0.4, -0.2) is 20.7 Å². The summed E-state index contributed by atoms with van der Waals surface area (Å²) in [7, 11) is 4.13. The first-order valence-corrected chi connectivity index (χ1v) is 6.36. The van der Waals surface area contributed by atoms with Crippen LogP contribution in [0.4, 0.5) is 5.69 Å². The lowest BCUT2D eigenvalue weighted by molar-refractivity contribution is 0.293. The van der Waals surface area contributed by atoms with E-state index in [9.17, 15) is 0 Å². The largest absolute Gasteiger partial charge is 0.492 e. The van der Waals surface area contributed by atoms with E-state index in [1.807, 2.05) is 0 Å². The lowest BCUT2D eigenvalue weighted by atomic mass is 9.86. The predicted molar refractivity (Wildman–Crippen MR) is 76.8 cm³/mol. The Balaban J connectivity index is 2.24. The third-order valence-electron chi connectivity index (χ3n) is 3.78. The highest BCUT2D eigenvalue weighted by Crippen LogP contribution is 2.43. The molecule has 2 aromatic carbocycles. The van der Waals surface area contributed by atoms with Crippen molar-refractivity contribution >= 4 is 16.5 Å². The van der Waals surface area contributed by atoms with E-state index in [-0.39, 0.29) is 5.41 Å². The Bertz CT molecular complexity index is 614. The number of anilines is 1. The molecule has 1 heterocycles. The van der Waals surface area contributed by atoms with Crippen molar-refractivity contribution in [2.75, 3.05) is 25.6 Å². The van der Waals surface area contributed by atoms with Crippen LogP contribution in [-0.2, 0) is 5.41 Å². The molecule has 3 rings (SSSR count). The minimum absolute atomic E-state index is 0.129. The predicted octanol–water partition coefficient (Wildman–Crippen LogP) is 3.58. The van der Waals surface area contributed by atoms with Gasteiger partial charge in [-0.3, -0.25) is 0 Å². The lowest BCUT2D eigenvalue weighted by Crippen LogP contribution is -2.18. The van der Waals surface area contributed by atoms with Crippen molar-refractivity contribution in [3.05, 3.63) is 35.9 Å². The average molecular weight is 241 g/mol. The van der Waals surface area contributed by atoms with Crippen LogP contribution in [0.2, 0.25) is 0 Å². The summed E-state index contributed by atoms with van der Waals surface area (Å²) in [5, 5.41) is 2.47. The number of fused-ring (bicyclic) bond motifs is 3. The van der Waals surface area contributed by atoms with Gasteiger partial charge in [0.05, 0.1) is 6.61 Å². The van der Waals surface area contributed by atoms with Gasteiger partial charge in [0, 0.05) is 36.1 Å². The van der Waals surface area contributed by atoms with Crippen LogP contribution in [0, 0.1) is 0 Å². The molecule has 1 aliphatic rings. The monoisotopic (exact) mass is 241 g/mol. The van der Waals surface area contributed by atoms with Gasteiger partial charge in [-0.2, -0.15) is 0 Å². The van der Waals surface area contributed by atoms with Gasteiger partial charge in [0.2, 0.25) is 0 Å².